The molecule has 0 aromatic carbocycles. The Morgan fingerprint density at radius 1 is 1.40 bits per heavy atom. The van der Waals surface area contributed by atoms with E-state index < -0.39 is 6.09 Å². The lowest BCUT2D eigenvalue weighted by Crippen LogP contribution is -2.16. The quantitative estimate of drug-likeness (QED) is 0.475. The number of primary amides is 1. The van der Waals surface area contributed by atoms with Crippen molar-refractivity contribution in [2.24, 2.45) is 5.73 Å². The van der Waals surface area contributed by atoms with E-state index in [9.17, 15) is 4.79 Å². The molecule has 0 aliphatic heterocycles. The predicted octanol–water partition coefficient (Wildman–Crippen LogP) is 0.337. The van der Waals surface area contributed by atoms with Gasteiger partial charge in [0.15, 0.2) is 0 Å². The van der Waals surface area contributed by atoms with Crippen molar-refractivity contribution in [3.8, 4) is 0 Å². The van der Waals surface area contributed by atoms with E-state index in [1.165, 1.54) is 0 Å². The molecule has 0 aromatic rings. The van der Waals surface area contributed by atoms with Gasteiger partial charge in [0.2, 0.25) is 0 Å². The second-order valence-electron chi connectivity index (χ2n) is 1.47. The van der Waals surface area contributed by atoms with Gasteiger partial charge in [0.05, 0.1) is 13.2 Å². The van der Waals surface area contributed by atoms with E-state index >= 15 is 0 Å². The molecular formula is C5H10ClNO3. The van der Waals surface area contributed by atoms with Crippen molar-refractivity contribution in [3.05, 3.63) is 0 Å². The van der Waals surface area contributed by atoms with Crippen LogP contribution >= 0.6 is 11.6 Å². The van der Waals surface area contributed by atoms with Gasteiger partial charge in [-0.15, -0.1) is 11.6 Å². The molecule has 0 unspecified atom stereocenters. The zero-order valence-corrected chi connectivity index (χ0v) is 6.26. The minimum absolute atomic E-state index is 0.187. The summed E-state index contributed by atoms with van der Waals surface area (Å²) in [5, 5.41) is 0. The zero-order valence-electron chi connectivity index (χ0n) is 5.51. The van der Waals surface area contributed by atoms with Crippen molar-refractivity contribution >= 4 is 17.7 Å². The van der Waals surface area contributed by atoms with Crippen LogP contribution in [-0.2, 0) is 9.47 Å². The molecule has 5 heteroatoms. The molecule has 0 radical (unpaired) electrons. The molecule has 0 aliphatic carbocycles. The van der Waals surface area contributed by atoms with Gasteiger partial charge in [0.1, 0.15) is 6.61 Å². The summed E-state index contributed by atoms with van der Waals surface area (Å²) < 4.78 is 9.23. The van der Waals surface area contributed by atoms with Crippen LogP contribution in [0, 0.1) is 0 Å². The molecule has 0 aliphatic rings. The molecule has 0 atom stereocenters. The summed E-state index contributed by atoms with van der Waals surface area (Å²) in [4.78, 5) is 9.95. The second-order valence-corrected chi connectivity index (χ2v) is 1.85. The molecule has 4 nitrogen and oxygen atoms in total. The lowest BCUT2D eigenvalue weighted by molar-refractivity contribution is 0.0839. The third-order valence-corrected chi connectivity index (χ3v) is 0.848. The van der Waals surface area contributed by atoms with Crippen LogP contribution in [-0.4, -0.2) is 31.8 Å². The van der Waals surface area contributed by atoms with Gasteiger partial charge in [0, 0.05) is 5.88 Å². The minimum atomic E-state index is -0.783. The van der Waals surface area contributed by atoms with Gasteiger partial charge in [-0.1, -0.05) is 0 Å². The Balaban J connectivity index is 2.84. The third kappa shape index (κ3) is 7.52. The van der Waals surface area contributed by atoms with Crippen molar-refractivity contribution in [1.82, 2.24) is 0 Å². The molecule has 0 saturated carbocycles. The largest absolute Gasteiger partial charge is 0.447 e. The highest BCUT2D eigenvalue weighted by molar-refractivity contribution is 6.17. The summed E-state index contributed by atoms with van der Waals surface area (Å²) >= 11 is 5.29. The van der Waals surface area contributed by atoms with Gasteiger partial charge < -0.3 is 15.2 Å². The van der Waals surface area contributed by atoms with Gasteiger partial charge in [-0.05, 0) is 0 Å². The summed E-state index contributed by atoms with van der Waals surface area (Å²) in [6.45, 7) is 0.992. The number of carbonyl (C=O) groups is 1. The number of alkyl halides is 1. The standard InChI is InChI=1S/C5H10ClNO3/c6-1-2-9-3-4-10-5(7)8/h1-4H2,(H2,7,8). The number of rotatable bonds is 5. The molecule has 0 spiro atoms. The van der Waals surface area contributed by atoms with E-state index in [4.69, 9.17) is 16.3 Å². The lowest BCUT2D eigenvalue weighted by Gasteiger charge is -2.00. The first kappa shape index (κ1) is 9.52. The van der Waals surface area contributed by atoms with Gasteiger partial charge in [-0.3, -0.25) is 0 Å². The zero-order chi connectivity index (χ0) is 7.82. The Labute approximate surface area is 64.2 Å². The van der Waals surface area contributed by atoms with Crippen molar-refractivity contribution < 1.29 is 14.3 Å². The number of halogens is 1. The summed E-state index contributed by atoms with van der Waals surface area (Å²) in [6.07, 6.45) is -0.783. The molecule has 2 N–H and O–H groups in total. The number of hydrogen-bond donors (Lipinski definition) is 1. The van der Waals surface area contributed by atoms with E-state index in [0.29, 0.717) is 19.1 Å². The van der Waals surface area contributed by atoms with Crippen LogP contribution in [0.5, 0.6) is 0 Å². The number of ether oxygens (including phenoxy) is 2. The topological polar surface area (TPSA) is 61.6 Å². The molecule has 10 heavy (non-hydrogen) atoms. The fraction of sp³-hybridized carbons (Fsp3) is 0.800. The van der Waals surface area contributed by atoms with E-state index in [1.54, 1.807) is 0 Å². The molecule has 0 fully saturated rings. The molecule has 0 rings (SSSR count). The first-order chi connectivity index (χ1) is 4.77. The number of nitrogens with two attached hydrogens (primary N) is 1. The molecule has 0 saturated heterocycles. The molecule has 0 heterocycles. The Hall–Kier alpha value is -0.480. The summed E-state index contributed by atoms with van der Waals surface area (Å²) in [7, 11) is 0. The molecule has 60 valence electrons. The Kier molecular flexibility index (Phi) is 6.32. The fourth-order valence-electron chi connectivity index (χ4n) is 0.358. The normalized spacial score (nSPS) is 9.30. The van der Waals surface area contributed by atoms with Crippen LogP contribution < -0.4 is 5.73 Å². The molecule has 0 aromatic heterocycles. The second kappa shape index (κ2) is 6.64. The van der Waals surface area contributed by atoms with Crippen LogP contribution in [0.2, 0.25) is 0 Å². The van der Waals surface area contributed by atoms with Gasteiger partial charge in [0.25, 0.3) is 0 Å². The van der Waals surface area contributed by atoms with Crippen LogP contribution in [0.25, 0.3) is 0 Å². The summed E-state index contributed by atoms with van der Waals surface area (Å²) in [6, 6.07) is 0. The van der Waals surface area contributed by atoms with E-state index in [-0.39, 0.29) is 6.61 Å². The Morgan fingerprint density at radius 3 is 2.60 bits per heavy atom. The van der Waals surface area contributed by atoms with Gasteiger partial charge >= 0.3 is 6.09 Å². The minimum Gasteiger partial charge on any atom is -0.447 e. The first-order valence-electron chi connectivity index (χ1n) is 2.83. The highest BCUT2D eigenvalue weighted by Gasteiger charge is 1.91. The highest BCUT2D eigenvalue weighted by Crippen LogP contribution is 1.80. The number of carbonyl (C=O) groups excluding carboxylic acids is 1. The maximum Gasteiger partial charge on any atom is 0.404 e. The SMILES string of the molecule is NC(=O)OCCOCCCl. The summed E-state index contributed by atoms with van der Waals surface area (Å²) in [5.41, 5.74) is 4.66. The Morgan fingerprint density at radius 2 is 2.10 bits per heavy atom. The maximum atomic E-state index is 9.95. The number of hydrogen-bond acceptors (Lipinski definition) is 3. The molecule has 0 bridgehead atoms. The van der Waals surface area contributed by atoms with E-state index in [2.05, 4.69) is 10.5 Å². The monoisotopic (exact) mass is 167 g/mol. The lowest BCUT2D eigenvalue weighted by atomic mass is 10.7. The van der Waals surface area contributed by atoms with Crippen molar-refractivity contribution in [2.75, 3.05) is 25.7 Å². The third-order valence-electron chi connectivity index (χ3n) is 0.693. The molecule has 1 amide bonds. The Bertz CT molecular complexity index is 98.9. The van der Waals surface area contributed by atoms with Crippen LogP contribution in [0.15, 0.2) is 0 Å². The smallest absolute Gasteiger partial charge is 0.404 e. The fourth-order valence-corrected chi connectivity index (χ4v) is 0.467. The van der Waals surface area contributed by atoms with E-state index in [0.717, 1.165) is 0 Å². The van der Waals surface area contributed by atoms with E-state index in [1.807, 2.05) is 0 Å². The van der Waals surface area contributed by atoms with Crippen LogP contribution in [0.1, 0.15) is 0 Å². The van der Waals surface area contributed by atoms with Gasteiger partial charge in [-0.2, -0.15) is 0 Å². The first-order valence-corrected chi connectivity index (χ1v) is 3.36. The van der Waals surface area contributed by atoms with Gasteiger partial charge in [-0.25, -0.2) is 4.79 Å². The number of amides is 1. The van der Waals surface area contributed by atoms with Crippen molar-refractivity contribution in [1.29, 1.82) is 0 Å². The average molecular weight is 168 g/mol. The van der Waals surface area contributed by atoms with Crippen LogP contribution in [0.4, 0.5) is 4.79 Å². The molecular weight excluding hydrogens is 158 g/mol. The van der Waals surface area contributed by atoms with Crippen LogP contribution in [0.3, 0.4) is 0 Å². The summed E-state index contributed by atoms with van der Waals surface area (Å²) in [5.74, 6) is 0.441. The average Bonchev–Trinajstić information content (AvgIpc) is 1.87. The van der Waals surface area contributed by atoms with Crippen molar-refractivity contribution in [3.63, 3.8) is 0 Å². The van der Waals surface area contributed by atoms with Crippen molar-refractivity contribution in [2.45, 2.75) is 0 Å². The predicted molar refractivity (Wildman–Crippen MR) is 37.1 cm³/mol. The maximum absolute atomic E-state index is 9.95. The highest BCUT2D eigenvalue weighted by atomic mass is 35.5.